The second kappa shape index (κ2) is 9.41. The van der Waals surface area contributed by atoms with Crippen molar-refractivity contribution < 1.29 is 4.74 Å². The molecule has 140 valence electrons. The van der Waals surface area contributed by atoms with Crippen molar-refractivity contribution in [1.29, 1.82) is 0 Å². The molecule has 0 aliphatic carbocycles. The Morgan fingerprint density at radius 2 is 2.04 bits per heavy atom. The summed E-state index contributed by atoms with van der Waals surface area (Å²) in [6.45, 7) is 13.3. The van der Waals surface area contributed by atoms with E-state index in [1.165, 1.54) is 5.56 Å². The number of aliphatic imine (C=N–C) groups is 1. The number of guanidine groups is 1. The molecule has 5 nitrogen and oxygen atoms in total. The van der Waals surface area contributed by atoms with Crippen molar-refractivity contribution in [1.82, 2.24) is 15.5 Å². The molecule has 1 saturated heterocycles. The zero-order valence-corrected chi connectivity index (χ0v) is 16.6. The van der Waals surface area contributed by atoms with Crippen LogP contribution in [0.2, 0.25) is 5.02 Å². The van der Waals surface area contributed by atoms with Gasteiger partial charge in [0, 0.05) is 30.2 Å². The Labute approximate surface area is 156 Å². The topological polar surface area (TPSA) is 48.9 Å². The highest BCUT2D eigenvalue weighted by Crippen LogP contribution is 2.24. The van der Waals surface area contributed by atoms with Crippen LogP contribution in [0.4, 0.5) is 0 Å². The van der Waals surface area contributed by atoms with Crippen molar-refractivity contribution in [3.05, 3.63) is 34.9 Å². The number of hydrogen-bond donors (Lipinski definition) is 2. The standard InChI is InChI=1S/C19H31ClN4O/c1-5-21-18(23-19(2,3)4)22-14-17(24-9-11-25-12-10-24)15-7-6-8-16(20)13-15/h6-8,13,17H,5,9-12,14H2,1-4H3,(H2,21,22,23). The lowest BCUT2D eigenvalue weighted by molar-refractivity contribution is 0.0179. The number of ether oxygens (including phenoxy) is 1. The summed E-state index contributed by atoms with van der Waals surface area (Å²) in [5.74, 6) is 0.843. The van der Waals surface area contributed by atoms with Gasteiger partial charge in [0.25, 0.3) is 0 Å². The molecule has 0 amide bonds. The average Bonchev–Trinajstić information content (AvgIpc) is 2.55. The zero-order valence-electron chi connectivity index (χ0n) is 15.8. The van der Waals surface area contributed by atoms with E-state index in [9.17, 15) is 0 Å². The summed E-state index contributed by atoms with van der Waals surface area (Å²) in [6, 6.07) is 8.29. The first-order chi connectivity index (χ1) is 11.9. The van der Waals surface area contributed by atoms with Crippen LogP contribution in [-0.2, 0) is 4.74 Å². The van der Waals surface area contributed by atoms with Gasteiger partial charge in [0.2, 0.25) is 0 Å². The maximum atomic E-state index is 6.22. The Bertz CT molecular complexity index is 565. The molecule has 1 atom stereocenters. The van der Waals surface area contributed by atoms with Crippen molar-refractivity contribution in [2.75, 3.05) is 39.4 Å². The van der Waals surface area contributed by atoms with E-state index in [2.05, 4.69) is 49.3 Å². The van der Waals surface area contributed by atoms with Crippen molar-refractivity contribution in [3.63, 3.8) is 0 Å². The van der Waals surface area contributed by atoms with E-state index in [1.807, 2.05) is 18.2 Å². The van der Waals surface area contributed by atoms with Gasteiger partial charge < -0.3 is 15.4 Å². The molecule has 0 aromatic heterocycles. The molecule has 2 N–H and O–H groups in total. The van der Waals surface area contributed by atoms with Crippen LogP contribution < -0.4 is 10.6 Å². The fraction of sp³-hybridized carbons (Fsp3) is 0.632. The molecule has 1 fully saturated rings. The van der Waals surface area contributed by atoms with Crippen LogP contribution >= 0.6 is 11.6 Å². The molecular formula is C19H31ClN4O. The van der Waals surface area contributed by atoms with Crippen molar-refractivity contribution in [2.24, 2.45) is 4.99 Å². The largest absolute Gasteiger partial charge is 0.379 e. The summed E-state index contributed by atoms with van der Waals surface area (Å²) >= 11 is 6.22. The highest BCUT2D eigenvalue weighted by molar-refractivity contribution is 6.30. The van der Waals surface area contributed by atoms with Crippen LogP contribution in [0, 0.1) is 0 Å². The second-order valence-corrected chi connectivity index (χ2v) is 7.75. The number of nitrogens with zero attached hydrogens (tertiary/aromatic N) is 2. The zero-order chi connectivity index (χ0) is 18.3. The molecule has 0 saturated carbocycles. The maximum absolute atomic E-state index is 6.22. The van der Waals surface area contributed by atoms with Gasteiger partial charge in [0.05, 0.1) is 25.8 Å². The van der Waals surface area contributed by atoms with E-state index in [4.69, 9.17) is 21.3 Å². The summed E-state index contributed by atoms with van der Waals surface area (Å²) in [6.07, 6.45) is 0. The van der Waals surface area contributed by atoms with Crippen LogP contribution in [0.1, 0.15) is 39.3 Å². The van der Waals surface area contributed by atoms with Crippen molar-refractivity contribution in [3.8, 4) is 0 Å². The number of morpholine rings is 1. The number of benzene rings is 1. The molecule has 2 rings (SSSR count). The van der Waals surface area contributed by atoms with Gasteiger partial charge in [0.1, 0.15) is 0 Å². The summed E-state index contributed by atoms with van der Waals surface area (Å²) in [5.41, 5.74) is 1.16. The van der Waals surface area contributed by atoms with Crippen LogP contribution in [0.5, 0.6) is 0 Å². The normalized spacial score (nSPS) is 18.0. The fourth-order valence-electron chi connectivity index (χ4n) is 2.87. The highest BCUT2D eigenvalue weighted by atomic mass is 35.5. The molecule has 1 aromatic carbocycles. The third-order valence-corrected chi connectivity index (χ3v) is 4.21. The van der Waals surface area contributed by atoms with Gasteiger partial charge in [-0.25, -0.2) is 0 Å². The van der Waals surface area contributed by atoms with Crippen LogP contribution in [0.3, 0.4) is 0 Å². The molecule has 0 bridgehead atoms. The molecule has 25 heavy (non-hydrogen) atoms. The Hall–Kier alpha value is -1.30. The maximum Gasteiger partial charge on any atom is 0.191 e. The Balaban J connectivity index is 2.20. The molecule has 0 radical (unpaired) electrons. The van der Waals surface area contributed by atoms with Gasteiger partial charge >= 0.3 is 0 Å². The molecule has 0 spiro atoms. The van der Waals surface area contributed by atoms with E-state index in [0.29, 0.717) is 6.54 Å². The molecule has 1 aliphatic rings. The molecule has 1 aromatic rings. The van der Waals surface area contributed by atoms with E-state index < -0.39 is 0 Å². The van der Waals surface area contributed by atoms with Gasteiger partial charge in [-0.2, -0.15) is 0 Å². The third-order valence-electron chi connectivity index (χ3n) is 3.98. The molecule has 6 heteroatoms. The minimum atomic E-state index is -0.0362. The summed E-state index contributed by atoms with van der Waals surface area (Å²) in [5, 5.41) is 7.54. The Morgan fingerprint density at radius 1 is 1.32 bits per heavy atom. The highest BCUT2D eigenvalue weighted by Gasteiger charge is 2.23. The fourth-order valence-corrected chi connectivity index (χ4v) is 3.07. The van der Waals surface area contributed by atoms with Crippen LogP contribution in [-0.4, -0.2) is 55.8 Å². The molecule has 1 aliphatic heterocycles. The minimum Gasteiger partial charge on any atom is -0.379 e. The average molecular weight is 367 g/mol. The van der Waals surface area contributed by atoms with E-state index in [1.54, 1.807) is 0 Å². The molecule has 1 unspecified atom stereocenters. The number of halogens is 1. The van der Waals surface area contributed by atoms with Crippen molar-refractivity contribution >= 4 is 17.6 Å². The first-order valence-corrected chi connectivity index (χ1v) is 9.40. The smallest absolute Gasteiger partial charge is 0.191 e. The van der Waals surface area contributed by atoms with E-state index in [-0.39, 0.29) is 11.6 Å². The van der Waals surface area contributed by atoms with Crippen LogP contribution in [0.15, 0.2) is 29.3 Å². The van der Waals surface area contributed by atoms with Crippen LogP contribution in [0.25, 0.3) is 0 Å². The Kier molecular flexibility index (Phi) is 7.54. The third kappa shape index (κ3) is 6.84. The lowest BCUT2D eigenvalue weighted by Crippen LogP contribution is -2.48. The first kappa shape index (κ1) is 20.0. The quantitative estimate of drug-likeness (QED) is 0.621. The monoisotopic (exact) mass is 366 g/mol. The number of hydrogen-bond acceptors (Lipinski definition) is 3. The first-order valence-electron chi connectivity index (χ1n) is 9.03. The molecule has 1 heterocycles. The number of nitrogens with one attached hydrogen (secondary N) is 2. The van der Waals surface area contributed by atoms with Gasteiger partial charge in [-0.3, -0.25) is 9.89 Å². The van der Waals surface area contributed by atoms with E-state index >= 15 is 0 Å². The summed E-state index contributed by atoms with van der Waals surface area (Å²) in [7, 11) is 0. The molecular weight excluding hydrogens is 336 g/mol. The lowest BCUT2D eigenvalue weighted by atomic mass is 10.0. The SMILES string of the molecule is CCNC(=NCC(c1cccc(Cl)c1)N1CCOCC1)NC(C)(C)C. The Morgan fingerprint density at radius 3 is 2.64 bits per heavy atom. The number of rotatable bonds is 5. The predicted molar refractivity (Wildman–Crippen MR) is 105 cm³/mol. The van der Waals surface area contributed by atoms with Gasteiger partial charge in [0.15, 0.2) is 5.96 Å². The van der Waals surface area contributed by atoms with Gasteiger partial charge in [-0.05, 0) is 45.4 Å². The van der Waals surface area contributed by atoms with Gasteiger partial charge in [-0.15, -0.1) is 0 Å². The second-order valence-electron chi connectivity index (χ2n) is 7.31. The predicted octanol–water partition coefficient (Wildman–Crippen LogP) is 3.07. The summed E-state index contributed by atoms with van der Waals surface area (Å²) < 4.78 is 5.51. The lowest BCUT2D eigenvalue weighted by Gasteiger charge is -2.34. The van der Waals surface area contributed by atoms with Gasteiger partial charge in [-0.1, -0.05) is 23.7 Å². The van der Waals surface area contributed by atoms with E-state index in [0.717, 1.165) is 43.8 Å². The summed E-state index contributed by atoms with van der Waals surface area (Å²) in [4.78, 5) is 7.28. The van der Waals surface area contributed by atoms with Crippen molar-refractivity contribution in [2.45, 2.75) is 39.3 Å². The minimum absolute atomic E-state index is 0.0362.